The predicted molar refractivity (Wildman–Crippen MR) is 118 cm³/mol. The fourth-order valence-electron chi connectivity index (χ4n) is 2.99. The number of anilines is 1. The maximum Gasteiger partial charge on any atom is 0.187 e. The van der Waals surface area contributed by atoms with Crippen LogP contribution < -0.4 is 10.1 Å². The van der Waals surface area contributed by atoms with E-state index in [9.17, 15) is 4.79 Å². The minimum absolute atomic E-state index is 0.0154. The van der Waals surface area contributed by atoms with Gasteiger partial charge in [0.05, 0.1) is 6.61 Å². The molecule has 0 bridgehead atoms. The van der Waals surface area contributed by atoms with Crippen molar-refractivity contribution >= 4 is 11.5 Å². The van der Waals surface area contributed by atoms with Gasteiger partial charge in [-0.3, -0.25) is 4.79 Å². The molecule has 1 N–H and O–H groups in total. The first-order valence-corrected chi connectivity index (χ1v) is 10.5. The Morgan fingerprint density at radius 2 is 1.50 bits per heavy atom. The zero-order valence-electron chi connectivity index (χ0n) is 17.0. The van der Waals surface area contributed by atoms with Crippen molar-refractivity contribution in [2.24, 2.45) is 0 Å². The fraction of sp³-hybridized carbons (Fsp3) is 0.400. The van der Waals surface area contributed by atoms with Crippen LogP contribution in [0.1, 0.15) is 68.6 Å². The third-order valence-corrected chi connectivity index (χ3v) is 4.66. The molecule has 0 saturated heterocycles. The lowest BCUT2D eigenvalue weighted by Gasteiger charge is -2.07. The van der Waals surface area contributed by atoms with Crippen molar-refractivity contribution in [1.82, 2.24) is 0 Å². The van der Waals surface area contributed by atoms with Crippen LogP contribution in [0, 0.1) is 0 Å². The number of ketones is 1. The van der Waals surface area contributed by atoms with Crippen LogP contribution in [0.15, 0.2) is 66.9 Å². The van der Waals surface area contributed by atoms with E-state index in [4.69, 9.17) is 4.74 Å². The summed E-state index contributed by atoms with van der Waals surface area (Å²) in [6.45, 7) is 3.02. The molecule has 2 aromatic carbocycles. The number of hydrogen-bond acceptors (Lipinski definition) is 3. The van der Waals surface area contributed by atoms with E-state index >= 15 is 0 Å². The van der Waals surface area contributed by atoms with Crippen molar-refractivity contribution in [2.45, 2.75) is 58.3 Å². The summed E-state index contributed by atoms with van der Waals surface area (Å²) >= 11 is 0. The molecule has 0 heterocycles. The Kier molecular flexibility index (Phi) is 10.6. The molecule has 0 aromatic heterocycles. The van der Waals surface area contributed by atoms with Crippen molar-refractivity contribution in [3.8, 4) is 5.75 Å². The van der Waals surface area contributed by atoms with E-state index in [1.807, 2.05) is 54.6 Å². The van der Waals surface area contributed by atoms with E-state index < -0.39 is 0 Å². The highest BCUT2D eigenvalue weighted by molar-refractivity contribution is 6.04. The van der Waals surface area contributed by atoms with Gasteiger partial charge in [-0.25, -0.2) is 0 Å². The molecule has 28 heavy (non-hydrogen) atoms. The van der Waals surface area contributed by atoms with Crippen LogP contribution in [0.3, 0.4) is 0 Å². The summed E-state index contributed by atoms with van der Waals surface area (Å²) in [7, 11) is 0. The van der Waals surface area contributed by atoms with Gasteiger partial charge in [0.2, 0.25) is 0 Å². The average Bonchev–Trinajstić information content (AvgIpc) is 2.74. The maximum atomic E-state index is 12.0. The average molecular weight is 380 g/mol. The molecule has 2 aromatic rings. The van der Waals surface area contributed by atoms with Crippen LogP contribution in [0.4, 0.5) is 5.69 Å². The van der Waals surface area contributed by atoms with E-state index in [2.05, 4.69) is 12.2 Å². The molecule has 2 rings (SSSR count). The lowest BCUT2D eigenvalue weighted by molar-refractivity contribution is 0.104. The number of unbranched alkanes of at least 4 members (excludes halogenated alkanes) is 7. The monoisotopic (exact) mass is 379 g/mol. The summed E-state index contributed by atoms with van der Waals surface area (Å²) in [5.74, 6) is 0.872. The molecule has 0 saturated carbocycles. The normalized spacial score (nSPS) is 10.9. The molecule has 0 radical (unpaired) electrons. The molecule has 150 valence electrons. The number of rotatable bonds is 14. The van der Waals surface area contributed by atoms with Crippen molar-refractivity contribution < 1.29 is 9.53 Å². The van der Waals surface area contributed by atoms with E-state index in [1.165, 1.54) is 44.9 Å². The van der Waals surface area contributed by atoms with Crippen molar-refractivity contribution in [1.29, 1.82) is 0 Å². The summed E-state index contributed by atoms with van der Waals surface area (Å²) in [6, 6.07) is 17.1. The molecule has 0 unspecified atom stereocenters. The smallest absolute Gasteiger partial charge is 0.187 e. The van der Waals surface area contributed by atoms with Gasteiger partial charge in [0, 0.05) is 23.5 Å². The van der Waals surface area contributed by atoms with Gasteiger partial charge >= 0.3 is 0 Å². The van der Waals surface area contributed by atoms with Crippen LogP contribution in [-0.4, -0.2) is 12.4 Å². The highest BCUT2D eigenvalue weighted by Crippen LogP contribution is 2.16. The SMILES string of the molecule is CCCCCCCCCCOc1ccc(N/C=C\C(=O)c2ccccc2)cc1. The number of carbonyl (C=O) groups is 1. The number of ether oxygens (including phenoxy) is 1. The number of nitrogens with one attached hydrogen (secondary N) is 1. The number of hydrogen-bond donors (Lipinski definition) is 1. The van der Waals surface area contributed by atoms with Crippen molar-refractivity contribution in [3.05, 3.63) is 72.4 Å². The highest BCUT2D eigenvalue weighted by Gasteiger charge is 1.99. The second kappa shape index (κ2) is 13.6. The van der Waals surface area contributed by atoms with Crippen LogP contribution in [-0.2, 0) is 0 Å². The van der Waals surface area contributed by atoms with Crippen LogP contribution in [0.5, 0.6) is 5.75 Å². The quantitative estimate of drug-likeness (QED) is 0.218. The second-order valence-corrected chi connectivity index (χ2v) is 7.06. The van der Waals surface area contributed by atoms with Gasteiger partial charge in [-0.15, -0.1) is 0 Å². The molecule has 0 atom stereocenters. The van der Waals surface area contributed by atoms with Gasteiger partial charge < -0.3 is 10.1 Å². The number of benzene rings is 2. The van der Waals surface area contributed by atoms with Gasteiger partial charge in [-0.05, 0) is 30.7 Å². The molecule has 0 aliphatic heterocycles. The van der Waals surface area contributed by atoms with Gasteiger partial charge in [0.1, 0.15) is 5.75 Å². The Balaban J connectivity index is 1.60. The topological polar surface area (TPSA) is 38.3 Å². The zero-order valence-corrected chi connectivity index (χ0v) is 17.0. The molecule has 0 aliphatic rings. The van der Waals surface area contributed by atoms with Gasteiger partial charge in [0.15, 0.2) is 5.78 Å². The molecule has 3 nitrogen and oxygen atoms in total. The molecule has 0 amide bonds. The van der Waals surface area contributed by atoms with Crippen LogP contribution in [0.2, 0.25) is 0 Å². The van der Waals surface area contributed by atoms with E-state index in [0.717, 1.165) is 24.5 Å². The molecule has 3 heteroatoms. The first-order valence-electron chi connectivity index (χ1n) is 10.5. The Labute approximate surface area is 169 Å². The highest BCUT2D eigenvalue weighted by atomic mass is 16.5. The van der Waals surface area contributed by atoms with E-state index in [0.29, 0.717) is 5.56 Å². The second-order valence-electron chi connectivity index (χ2n) is 7.06. The predicted octanol–water partition coefficient (Wildman–Crippen LogP) is 7.01. The number of carbonyl (C=O) groups excluding carboxylic acids is 1. The zero-order chi connectivity index (χ0) is 19.9. The minimum Gasteiger partial charge on any atom is -0.494 e. The Hall–Kier alpha value is -2.55. The standard InChI is InChI=1S/C25H33NO2/c1-2-3-4-5-6-7-8-12-21-28-24-17-15-23(16-18-24)26-20-19-25(27)22-13-10-9-11-14-22/h9-11,13-20,26H,2-8,12,21H2,1H3/b20-19-. The first-order chi connectivity index (χ1) is 13.8. The third kappa shape index (κ3) is 8.90. The lowest BCUT2D eigenvalue weighted by Crippen LogP contribution is -1.98. The van der Waals surface area contributed by atoms with Gasteiger partial charge in [-0.2, -0.15) is 0 Å². The van der Waals surface area contributed by atoms with Crippen molar-refractivity contribution in [3.63, 3.8) is 0 Å². The fourth-order valence-corrected chi connectivity index (χ4v) is 2.99. The van der Waals surface area contributed by atoms with E-state index in [-0.39, 0.29) is 5.78 Å². The lowest BCUT2D eigenvalue weighted by atomic mass is 10.1. The minimum atomic E-state index is -0.0154. The Morgan fingerprint density at radius 1 is 0.857 bits per heavy atom. The molecule has 0 fully saturated rings. The first kappa shape index (κ1) is 21.7. The van der Waals surface area contributed by atoms with Crippen LogP contribution >= 0.6 is 0 Å². The Bertz CT molecular complexity index is 692. The summed E-state index contributed by atoms with van der Waals surface area (Å²) in [4.78, 5) is 12.0. The summed E-state index contributed by atoms with van der Waals surface area (Å²) < 4.78 is 5.81. The van der Waals surface area contributed by atoms with Gasteiger partial charge in [0.25, 0.3) is 0 Å². The Morgan fingerprint density at radius 3 is 2.18 bits per heavy atom. The van der Waals surface area contributed by atoms with Crippen LogP contribution in [0.25, 0.3) is 0 Å². The third-order valence-electron chi connectivity index (χ3n) is 4.66. The molecular formula is C25H33NO2. The largest absolute Gasteiger partial charge is 0.494 e. The molecular weight excluding hydrogens is 346 g/mol. The molecule has 0 aliphatic carbocycles. The number of allylic oxidation sites excluding steroid dienone is 1. The summed E-state index contributed by atoms with van der Waals surface area (Å²) in [5.41, 5.74) is 1.61. The summed E-state index contributed by atoms with van der Waals surface area (Å²) in [5, 5.41) is 3.12. The summed E-state index contributed by atoms with van der Waals surface area (Å²) in [6.07, 6.45) is 13.7. The van der Waals surface area contributed by atoms with Gasteiger partial charge in [-0.1, -0.05) is 82.2 Å². The van der Waals surface area contributed by atoms with E-state index in [1.54, 1.807) is 12.3 Å². The maximum absolute atomic E-state index is 12.0. The molecule has 0 spiro atoms. The van der Waals surface area contributed by atoms with Crippen molar-refractivity contribution in [2.75, 3.05) is 11.9 Å².